The van der Waals surface area contributed by atoms with E-state index in [9.17, 15) is 18.3 Å². The monoisotopic (exact) mass is 284 g/mol. The number of aliphatic hydroxyl groups excluding tert-OH is 1. The normalized spacial score (nSPS) is 13.6. The molecular weight excluding hydrogens is 269 g/mol. The number of benzene rings is 1. The van der Waals surface area contributed by atoms with Crippen LogP contribution in [0.1, 0.15) is 34.1 Å². The lowest BCUT2D eigenvalue weighted by Gasteiger charge is -2.16. The summed E-state index contributed by atoms with van der Waals surface area (Å²) in [5.74, 6) is 0. The Labute approximate surface area is 114 Å². The lowest BCUT2D eigenvalue weighted by molar-refractivity contribution is -0.137. The first-order valence-corrected chi connectivity index (χ1v) is 6.06. The second-order valence-electron chi connectivity index (χ2n) is 4.78. The summed E-state index contributed by atoms with van der Waals surface area (Å²) in [6, 6.07) is 3.34. The Balaban J connectivity index is 2.41. The summed E-state index contributed by atoms with van der Waals surface area (Å²) in [6.45, 7) is 3.35. The molecule has 0 radical (unpaired) electrons. The third kappa shape index (κ3) is 2.56. The van der Waals surface area contributed by atoms with Gasteiger partial charge in [0.15, 0.2) is 0 Å². The highest BCUT2D eigenvalue weighted by Gasteiger charge is 2.31. The van der Waals surface area contributed by atoms with Crippen molar-refractivity contribution in [2.75, 3.05) is 0 Å². The standard InChI is InChI=1S/C14H15F3N2O/c1-8-6-10(14(15,16)17)4-5-11(8)13(20)12-7-18-19(3)9(12)2/h4-7,13,20H,1-3H3. The van der Waals surface area contributed by atoms with Gasteiger partial charge >= 0.3 is 6.18 Å². The number of hydrogen-bond donors (Lipinski definition) is 1. The van der Waals surface area contributed by atoms with Crippen LogP contribution in [0.2, 0.25) is 0 Å². The topological polar surface area (TPSA) is 38.1 Å². The molecule has 108 valence electrons. The number of nitrogens with zero attached hydrogens (tertiary/aromatic N) is 2. The van der Waals surface area contributed by atoms with E-state index in [1.807, 2.05) is 0 Å². The fraction of sp³-hybridized carbons (Fsp3) is 0.357. The zero-order valence-corrected chi connectivity index (χ0v) is 11.4. The SMILES string of the molecule is Cc1cc(C(F)(F)F)ccc1C(O)c1cnn(C)c1C. The third-order valence-electron chi connectivity index (χ3n) is 3.46. The average Bonchev–Trinajstić information content (AvgIpc) is 2.68. The Hall–Kier alpha value is -1.82. The van der Waals surface area contributed by atoms with Gasteiger partial charge in [0.05, 0.1) is 11.8 Å². The highest BCUT2D eigenvalue weighted by atomic mass is 19.4. The zero-order valence-electron chi connectivity index (χ0n) is 11.4. The van der Waals surface area contributed by atoms with Gasteiger partial charge in [0.2, 0.25) is 0 Å². The van der Waals surface area contributed by atoms with Crippen LogP contribution in [0, 0.1) is 13.8 Å². The van der Waals surface area contributed by atoms with Crippen molar-refractivity contribution in [3.8, 4) is 0 Å². The first-order valence-electron chi connectivity index (χ1n) is 6.06. The van der Waals surface area contributed by atoms with Gasteiger partial charge in [-0.1, -0.05) is 6.07 Å². The van der Waals surface area contributed by atoms with Gasteiger partial charge in [0.1, 0.15) is 6.10 Å². The van der Waals surface area contributed by atoms with Gasteiger partial charge in [0.25, 0.3) is 0 Å². The number of halogens is 3. The summed E-state index contributed by atoms with van der Waals surface area (Å²) < 4.78 is 39.5. The molecule has 3 nitrogen and oxygen atoms in total. The number of aliphatic hydroxyl groups is 1. The molecule has 0 saturated carbocycles. The van der Waals surface area contributed by atoms with Crippen LogP contribution in [0.3, 0.4) is 0 Å². The van der Waals surface area contributed by atoms with E-state index in [-0.39, 0.29) is 0 Å². The molecule has 0 fully saturated rings. The minimum atomic E-state index is -4.38. The summed E-state index contributed by atoms with van der Waals surface area (Å²) in [4.78, 5) is 0. The molecular formula is C14H15F3N2O. The number of aryl methyl sites for hydroxylation is 2. The molecule has 2 aromatic rings. The van der Waals surface area contributed by atoms with Crippen LogP contribution in [0.15, 0.2) is 24.4 Å². The second kappa shape index (κ2) is 4.94. The quantitative estimate of drug-likeness (QED) is 0.920. The molecule has 1 N–H and O–H groups in total. The Morgan fingerprint density at radius 1 is 1.20 bits per heavy atom. The van der Waals surface area contributed by atoms with E-state index in [0.717, 1.165) is 17.8 Å². The molecule has 6 heteroatoms. The summed E-state index contributed by atoms with van der Waals surface area (Å²) in [6.07, 6.45) is -3.83. The summed E-state index contributed by atoms with van der Waals surface area (Å²) in [5, 5.41) is 14.4. The van der Waals surface area contributed by atoms with Gasteiger partial charge in [-0.15, -0.1) is 0 Å². The van der Waals surface area contributed by atoms with Crippen LogP contribution in [0.25, 0.3) is 0 Å². The maximum atomic E-state index is 12.6. The highest BCUT2D eigenvalue weighted by molar-refractivity contribution is 5.39. The van der Waals surface area contributed by atoms with Crippen LogP contribution in [-0.4, -0.2) is 14.9 Å². The lowest BCUT2D eigenvalue weighted by atomic mass is 9.96. The average molecular weight is 284 g/mol. The minimum absolute atomic E-state index is 0.399. The van der Waals surface area contributed by atoms with Crippen molar-refractivity contribution in [3.63, 3.8) is 0 Å². The van der Waals surface area contributed by atoms with E-state index in [1.54, 1.807) is 25.6 Å². The van der Waals surface area contributed by atoms with Crippen molar-refractivity contribution in [2.45, 2.75) is 26.1 Å². The van der Waals surface area contributed by atoms with Crippen molar-refractivity contribution in [1.29, 1.82) is 0 Å². The van der Waals surface area contributed by atoms with E-state index in [4.69, 9.17) is 0 Å². The van der Waals surface area contributed by atoms with Crippen LogP contribution in [0.4, 0.5) is 13.2 Å². The molecule has 0 aliphatic heterocycles. The molecule has 20 heavy (non-hydrogen) atoms. The van der Waals surface area contributed by atoms with Crippen LogP contribution in [0.5, 0.6) is 0 Å². The van der Waals surface area contributed by atoms with Crippen molar-refractivity contribution in [3.05, 3.63) is 52.3 Å². The van der Waals surface area contributed by atoms with Gasteiger partial charge in [-0.25, -0.2) is 0 Å². The molecule has 0 saturated heterocycles. The van der Waals surface area contributed by atoms with Crippen molar-refractivity contribution < 1.29 is 18.3 Å². The molecule has 1 aromatic heterocycles. The molecule has 1 aromatic carbocycles. The summed E-state index contributed by atoms with van der Waals surface area (Å²) in [5.41, 5.74) is 1.51. The molecule has 1 atom stereocenters. The van der Waals surface area contributed by atoms with Crippen LogP contribution < -0.4 is 0 Å². The predicted molar refractivity (Wildman–Crippen MR) is 68.2 cm³/mol. The Morgan fingerprint density at radius 3 is 2.30 bits per heavy atom. The van der Waals surface area contributed by atoms with Crippen molar-refractivity contribution in [1.82, 2.24) is 9.78 Å². The molecule has 0 aliphatic rings. The van der Waals surface area contributed by atoms with Gasteiger partial charge in [-0.3, -0.25) is 4.68 Å². The van der Waals surface area contributed by atoms with Crippen molar-refractivity contribution >= 4 is 0 Å². The Kier molecular flexibility index (Phi) is 3.60. The van der Waals surface area contributed by atoms with E-state index in [1.165, 1.54) is 12.3 Å². The van der Waals surface area contributed by atoms with E-state index in [2.05, 4.69) is 5.10 Å². The molecule has 0 spiro atoms. The highest BCUT2D eigenvalue weighted by Crippen LogP contribution is 2.33. The molecule has 2 rings (SSSR count). The van der Waals surface area contributed by atoms with E-state index in [0.29, 0.717) is 16.7 Å². The zero-order chi connectivity index (χ0) is 15.1. The summed E-state index contributed by atoms with van der Waals surface area (Å²) in [7, 11) is 1.74. The van der Waals surface area contributed by atoms with Crippen LogP contribution in [-0.2, 0) is 13.2 Å². The molecule has 1 unspecified atom stereocenters. The van der Waals surface area contributed by atoms with E-state index < -0.39 is 17.8 Å². The smallest absolute Gasteiger partial charge is 0.384 e. The number of alkyl halides is 3. The lowest BCUT2D eigenvalue weighted by Crippen LogP contribution is -2.08. The fourth-order valence-electron chi connectivity index (χ4n) is 2.11. The summed E-state index contributed by atoms with van der Waals surface area (Å²) >= 11 is 0. The fourth-order valence-corrected chi connectivity index (χ4v) is 2.11. The van der Waals surface area contributed by atoms with Gasteiger partial charge in [0, 0.05) is 18.3 Å². The van der Waals surface area contributed by atoms with Gasteiger partial charge in [-0.2, -0.15) is 18.3 Å². The van der Waals surface area contributed by atoms with Crippen LogP contribution >= 0.6 is 0 Å². The predicted octanol–water partition coefficient (Wildman–Crippen LogP) is 3.14. The Bertz CT molecular complexity index is 632. The first kappa shape index (κ1) is 14.6. The third-order valence-corrected chi connectivity index (χ3v) is 3.46. The maximum absolute atomic E-state index is 12.6. The number of hydrogen-bond acceptors (Lipinski definition) is 2. The molecule has 0 bridgehead atoms. The Morgan fingerprint density at radius 2 is 1.85 bits per heavy atom. The number of aromatic nitrogens is 2. The van der Waals surface area contributed by atoms with E-state index >= 15 is 0 Å². The molecule has 0 amide bonds. The molecule has 1 heterocycles. The maximum Gasteiger partial charge on any atom is 0.416 e. The van der Waals surface area contributed by atoms with Gasteiger partial charge < -0.3 is 5.11 Å². The molecule has 0 aliphatic carbocycles. The second-order valence-corrected chi connectivity index (χ2v) is 4.78. The first-order chi connectivity index (χ1) is 9.21. The minimum Gasteiger partial charge on any atom is -0.384 e. The largest absolute Gasteiger partial charge is 0.416 e. The van der Waals surface area contributed by atoms with Crippen molar-refractivity contribution in [2.24, 2.45) is 7.05 Å². The number of rotatable bonds is 2. The van der Waals surface area contributed by atoms with Gasteiger partial charge in [-0.05, 0) is 37.1 Å².